The second kappa shape index (κ2) is 5.41. The van der Waals surface area contributed by atoms with Gasteiger partial charge in [0.15, 0.2) is 0 Å². The Labute approximate surface area is 112 Å². The van der Waals surface area contributed by atoms with E-state index < -0.39 is 0 Å². The highest BCUT2D eigenvalue weighted by molar-refractivity contribution is 5.48. The number of anilines is 1. The molecule has 1 heterocycles. The van der Waals surface area contributed by atoms with Crippen LogP contribution in [0.3, 0.4) is 0 Å². The number of halogens is 1. The molecule has 2 aromatic rings. The van der Waals surface area contributed by atoms with Crippen LogP contribution in [0.1, 0.15) is 23.6 Å². The van der Waals surface area contributed by atoms with Gasteiger partial charge in [-0.3, -0.25) is 0 Å². The fraction of sp³-hybridized carbons (Fsp3) is 0.250. The van der Waals surface area contributed by atoms with Gasteiger partial charge in [0.05, 0.1) is 11.7 Å². The number of fused-ring (bicyclic) bond motifs is 1. The van der Waals surface area contributed by atoms with E-state index in [4.69, 9.17) is 0 Å². The van der Waals surface area contributed by atoms with Crippen LogP contribution in [0, 0.1) is 5.82 Å². The molecule has 0 radical (unpaired) electrons. The first kappa shape index (κ1) is 12.2. The van der Waals surface area contributed by atoms with Gasteiger partial charge in [-0.25, -0.2) is 4.39 Å². The van der Waals surface area contributed by atoms with Crippen LogP contribution in [0.25, 0.3) is 0 Å². The number of benzene rings is 2. The van der Waals surface area contributed by atoms with Gasteiger partial charge in [0.1, 0.15) is 5.82 Å². The Kier molecular flexibility index (Phi) is 3.47. The van der Waals surface area contributed by atoms with E-state index in [2.05, 4.69) is 22.8 Å². The van der Waals surface area contributed by atoms with Crippen LogP contribution in [-0.2, 0) is 6.54 Å². The fourth-order valence-electron chi connectivity index (χ4n) is 2.58. The molecule has 3 rings (SSSR count). The van der Waals surface area contributed by atoms with Crippen LogP contribution in [0.2, 0.25) is 0 Å². The maximum Gasteiger partial charge on any atom is 0.146 e. The fourth-order valence-corrected chi connectivity index (χ4v) is 2.58. The Morgan fingerprint density at radius 1 is 1.05 bits per heavy atom. The van der Waals surface area contributed by atoms with Gasteiger partial charge >= 0.3 is 0 Å². The lowest BCUT2D eigenvalue weighted by molar-refractivity contribution is 0.612. The molecule has 2 nitrogen and oxygen atoms in total. The second-order valence-electron chi connectivity index (χ2n) is 4.84. The standard InChI is InChI=1S/C16H17FN2/c17-14-7-3-4-8-16(14)19-15-9-10-18-11-12-5-1-2-6-13(12)15/h1-8,15,18-19H,9-11H2. The van der Waals surface area contributed by atoms with E-state index in [9.17, 15) is 4.39 Å². The maximum atomic E-state index is 13.7. The Balaban J connectivity index is 1.91. The van der Waals surface area contributed by atoms with Gasteiger partial charge in [-0.05, 0) is 36.2 Å². The van der Waals surface area contributed by atoms with E-state index in [1.807, 2.05) is 18.2 Å². The van der Waals surface area contributed by atoms with E-state index in [1.165, 1.54) is 17.2 Å². The third-order valence-electron chi connectivity index (χ3n) is 3.56. The summed E-state index contributed by atoms with van der Waals surface area (Å²) in [4.78, 5) is 0. The maximum absolute atomic E-state index is 13.7. The third-order valence-corrected chi connectivity index (χ3v) is 3.56. The number of hydrogen-bond acceptors (Lipinski definition) is 2. The largest absolute Gasteiger partial charge is 0.376 e. The summed E-state index contributed by atoms with van der Waals surface area (Å²) in [5.74, 6) is -0.197. The van der Waals surface area contributed by atoms with Crippen molar-refractivity contribution in [2.75, 3.05) is 11.9 Å². The van der Waals surface area contributed by atoms with Gasteiger partial charge < -0.3 is 10.6 Å². The summed E-state index contributed by atoms with van der Waals surface area (Å²) in [6.45, 7) is 1.81. The molecular formula is C16H17FN2. The van der Waals surface area contributed by atoms with E-state index in [0.717, 1.165) is 19.5 Å². The summed E-state index contributed by atoms with van der Waals surface area (Å²) in [7, 11) is 0. The van der Waals surface area contributed by atoms with Gasteiger partial charge in [-0.1, -0.05) is 36.4 Å². The molecule has 1 unspecified atom stereocenters. The predicted molar refractivity (Wildman–Crippen MR) is 75.5 cm³/mol. The summed E-state index contributed by atoms with van der Waals surface area (Å²) >= 11 is 0. The minimum Gasteiger partial charge on any atom is -0.376 e. The molecule has 1 aliphatic rings. The van der Waals surface area contributed by atoms with Gasteiger partial charge in [0.25, 0.3) is 0 Å². The predicted octanol–water partition coefficient (Wildman–Crippen LogP) is 3.47. The first-order valence-corrected chi connectivity index (χ1v) is 6.64. The number of rotatable bonds is 2. The van der Waals surface area contributed by atoms with Crippen molar-refractivity contribution >= 4 is 5.69 Å². The molecule has 3 heteroatoms. The van der Waals surface area contributed by atoms with Crippen LogP contribution < -0.4 is 10.6 Å². The summed E-state index contributed by atoms with van der Waals surface area (Å²) in [6, 6.07) is 15.3. The summed E-state index contributed by atoms with van der Waals surface area (Å²) in [5.41, 5.74) is 3.12. The molecule has 0 amide bonds. The third kappa shape index (κ3) is 2.61. The lowest BCUT2D eigenvalue weighted by atomic mass is 9.99. The van der Waals surface area contributed by atoms with Crippen LogP contribution in [0.15, 0.2) is 48.5 Å². The lowest BCUT2D eigenvalue weighted by Crippen LogP contribution is -2.15. The highest BCUT2D eigenvalue weighted by Crippen LogP contribution is 2.28. The van der Waals surface area contributed by atoms with Crippen molar-refractivity contribution in [2.45, 2.75) is 19.0 Å². The highest BCUT2D eigenvalue weighted by atomic mass is 19.1. The molecule has 0 spiro atoms. The van der Waals surface area contributed by atoms with Crippen molar-refractivity contribution in [3.05, 3.63) is 65.5 Å². The van der Waals surface area contributed by atoms with Crippen molar-refractivity contribution < 1.29 is 4.39 Å². The molecule has 0 bridgehead atoms. The molecule has 0 saturated heterocycles. The summed E-state index contributed by atoms with van der Waals surface area (Å²) in [6.07, 6.45) is 0.950. The Morgan fingerprint density at radius 2 is 1.84 bits per heavy atom. The van der Waals surface area contributed by atoms with Crippen LogP contribution >= 0.6 is 0 Å². The molecule has 19 heavy (non-hydrogen) atoms. The Bertz CT molecular complexity index is 568. The smallest absolute Gasteiger partial charge is 0.146 e. The average Bonchev–Trinajstić information content (AvgIpc) is 2.64. The molecule has 2 N–H and O–H groups in total. The van der Waals surface area contributed by atoms with Gasteiger partial charge in [-0.2, -0.15) is 0 Å². The zero-order valence-electron chi connectivity index (χ0n) is 10.7. The average molecular weight is 256 g/mol. The minimum atomic E-state index is -0.197. The lowest BCUT2D eigenvalue weighted by Gasteiger charge is -2.20. The van der Waals surface area contributed by atoms with E-state index in [1.54, 1.807) is 12.1 Å². The number of hydrogen-bond donors (Lipinski definition) is 2. The normalized spacial score (nSPS) is 18.5. The van der Waals surface area contributed by atoms with E-state index in [0.29, 0.717) is 5.69 Å². The summed E-state index contributed by atoms with van der Waals surface area (Å²) in [5, 5.41) is 6.73. The Morgan fingerprint density at radius 3 is 2.74 bits per heavy atom. The monoisotopic (exact) mass is 256 g/mol. The van der Waals surface area contributed by atoms with Gasteiger partial charge in [0, 0.05) is 6.54 Å². The van der Waals surface area contributed by atoms with Crippen LogP contribution in [-0.4, -0.2) is 6.54 Å². The van der Waals surface area contributed by atoms with E-state index in [-0.39, 0.29) is 11.9 Å². The molecule has 98 valence electrons. The minimum absolute atomic E-state index is 0.156. The Hall–Kier alpha value is -1.87. The first-order valence-electron chi connectivity index (χ1n) is 6.64. The van der Waals surface area contributed by atoms with Crippen LogP contribution in [0.4, 0.5) is 10.1 Å². The molecule has 0 aliphatic carbocycles. The first-order chi connectivity index (χ1) is 9.34. The molecule has 2 aromatic carbocycles. The molecule has 0 fully saturated rings. The molecule has 1 aliphatic heterocycles. The van der Waals surface area contributed by atoms with Crippen molar-refractivity contribution in [1.82, 2.24) is 5.32 Å². The van der Waals surface area contributed by atoms with Crippen molar-refractivity contribution in [1.29, 1.82) is 0 Å². The molecular weight excluding hydrogens is 239 g/mol. The number of nitrogens with one attached hydrogen (secondary N) is 2. The zero-order valence-corrected chi connectivity index (χ0v) is 10.7. The quantitative estimate of drug-likeness (QED) is 0.859. The summed E-state index contributed by atoms with van der Waals surface area (Å²) < 4.78 is 13.7. The SMILES string of the molecule is Fc1ccccc1NC1CCNCc2ccccc21. The van der Waals surface area contributed by atoms with E-state index >= 15 is 0 Å². The van der Waals surface area contributed by atoms with Gasteiger partial charge in [-0.15, -0.1) is 0 Å². The van der Waals surface area contributed by atoms with Crippen LogP contribution in [0.5, 0.6) is 0 Å². The van der Waals surface area contributed by atoms with Crippen molar-refractivity contribution in [2.24, 2.45) is 0 Å². The number of para-hydroxylation sites is 1. The van der Waals surface area contributed by atoms with Gasteiger partial charge in [0.2, 0.25) is 0 Å². The topological polar surface area (TPSA) is 24.1 Å². The highest BCUT2D eigenvalue weighted by Gasteiger charge is 2.18. The second-order valence-corrected chi connectivity index (χ2v) is 4.84. The van der Waals surface area contributed by atoms with Crippen molar-refractivity contribution in [3.8, 4) is 0 Å². The molecule has 0 saturated carbocycles. The zero-order chi connectivity index (χ0) is 13.1. The molecule has 0 aromatic heterocycles. The molecule has 1 atom stereocenters. The van der Waals surface area contributed by atoms with Crippen molar-refractivity contribution in [3.63, 3.8) is 0 Å².